The lowest BCUT2D eigenvalue weighted by atomic mass is 10.1. The van der Waals surface area contributed by atoms with E-state index in [4.69, 9.17) is 19.2 Å². The van der Waals surface area contributed by atoms with E-state index < -0.39 is 0 Å². The Hall–Kier alpha value is -1.10. The van der Waals surface area contributed by atoms with E-state index in [1.807, 2.05) is 0 Å². The van der Waals surface area contributed by atoms with Crippen LogP contribution in [0, 0.1) is 6.92 Å². The van der Waals surface area contributed by atoms with Crippen molar-refractivity contribution in [2.45, 2.75) is 39.0 Å². The Morgan fingerprint density at radius 3 is 2.90 bits per heavy atom. The molecule has 0 bridgehead atoms. The van der Waals surface area contributed by atoms with Crippen LogP contribution in [-0.4, -0.2) is 76.1 Å². The highest BCUT2D eigenvalue weighted by atomic mass is 127. The van der Waals surface area contributed by atoms with Crippen LogP contribution in [0.4, 0.5) is 0 Å². The Labute approximate surface area is 191 Å². The third-order valence-corrected chi connectivity index (χ3v) is 4.99. The molecule has 0 spiro atoms. The molecule has 7 nitrogen and oxygen atoms in total. The smallest absolute Gasteiger partial charge is 0.191 e. The van der Waals surface area contributed by atoms with Gasteiger partial charge in [0.15, 0.2) is 5.96 Å². The fourth-order valence-electron chi connectivity index (χ4n) is 3.39. The van der Waals surface area contributed by atoms with Gasteiger partial charge >= 0.3 is 0 Å². The number of aryl methyl sites for hydroxylation is 1. The van der Waals surface area contributed by atoms with E-state index in [0.717, 1.165) is 63.1 Å². The van der Waals surface area contributed by atoms with Crippen LogP contribution < -0.4 is 15.4 Å². The molecule has 2 aliphatic heterocycles. The standard InChI is InChI=1S/C21H34N4O3.HI/c1-4-22-21(24-13-19-14-25(3)8-10-27-19)23-12-17-6-5-16(2)11-20(17)28-18-7-9-26-15-18;/h5-6,11,18-19H,4,7-10,12-15H2,1-3H3,(H2,22,23,24);1H. The highest BCUT2D eigenvalue weighted by Gasteiger charge is 2.19. The van der Waals surface area contributed by atoms with Crippen molar-refractivity contribution in [2.75, 3.05) is 53.0 Å². The van der Waals surface area contributed by atoms with Crippen LogP contribution in [-0.2, 0) is 16.0 Å². The van der Waals surface area contributed by atoms with Crippen molar-refractivity contribution in [2.24, 2.45) is 4.99 Å². The van der Waals surface area contributed by atoms with Crippen LogP contribution in [0.2, 0.25) is 0 Å². The lowest BCUT2D eigenvalue weighted by molar-refractivity contribution is -0.0161. The Balaban J connectivity index is 0.00000300. The quantitative estimate of drug-likeness (QED) is 0.328. The summed E-state index contributed by atoms with van der Waals surface area (Å²) in [6.45, 7) is 10.4. The van der Waals surface area contributed by atoms with Crippen molar-refractivity contribution < 1.29 is 14.2 Å². The van der Waals surface area contributed by atoms with E-state index in [1.165, 1.54) is 5.56 Å². The molecule has 29 heavy (non-hydrogen) atoms. The second-order valence-electron chi connectivity index (χ2n) is 7.55. The first-order chi connectivity index (χ1) is 13.6. The lowest BCUT2D eigenvalue weighted by Crippen LogP contribution is -2.48. The van der Waals surface area contributed by atoms with E-state index in [1.54, 1.807) is 0 Å². The van der Waals surface area contributed by atoms with E-state index in [0.29, 0.717) is 13.2 Å². The van der Waals surface area contributed by atoms with Crippen molar-refractivity contribution >= 4 is 29.9 Å². The molecular formula is C21H35IN4O3. The molecule has 2 N–H and O–H groups in total. The van der Waals surface area contributed by atoms with E-state index in [9.17, 15) is 0 Å². The van der Waals surface area contributed by atoms with Crippen molar-refractivity contribution in [3.8, 4) is 5.75 Å². The molecule has 2 fully saturated rings. The van der Waals surface area contributed by atoms with Crippen molar-refractivity contribution in [3.63, 3.8) is 0 Å². The molecule has 8 heteroatoms. The molecule has 2 saturated heterocycles. The van der Waals surface area contributed by atoms with Crippen LogP contribution in [0.15, 0.2) is 23.2 Å². The number of benzene rings is 1. The third-order valence-electron chi connectivity index (χ3n) is 4.99. The van der Waals surface area contributed by atoms with Gasteiger partial charge < -0.3 is 29.7 Å². The number of rotatable bonds is 7. The molecule has 1 aromatic rings. The largest absolute Gasteiger partial charge is 0.488 e. The van der Waals surface area contributed by atoms with Gasteiger partial charge in [0.2, 0.25) is 0 Å². The van der Waals surface area contributed by atoms with E-state index >= 15 is 0 Å². The second-order valence-corrected chi connectivity index (χ2v) is 7.55. The highest BCUT2D eigenvalue weighted by molar-refractivity contribution is 14.0. The number of guanidine groups is 1. The summed E-state index contributed by atoms with van der Waals surface area (Å²) in [4.78, 5) is 7.06. The Morgan fingerprint density at radius 1 is 1.31 bits per heavy atom. The highest BCUT2D eigenvalue weighted by Crippen LogP contribution is 2.24. The maximum Gasteiger partial charge on any atom is 0.191 e. The normalized spacial score (nSPS) is 22.8. The van der Waals surface area contributed by atoms with Crippen LogP contribution in [0.3, 0.4) is 0 Å². The predicted molar refractivity (Wildman–Crippen MR) is 127 cm³/mol. The van der Waals surface area contributed by atoms with Crippen molar-refractivity contribution in [1.82, 2.24) is 15.5 Å². The number of morpholine rings is 1. The molecule has 3 rings (SSSR count). The van der Waals surface area contributed by atoms with Crippen LogP contribution in [0.1, 0.15) is 24.5 Å². The maximum absolute atomic E-state index is 6.19. The summed E-state index contributed by atoms with van der Waals surface area (Å²) in [7, 11) is 2.13. The average Bonchev–Trinajstić information content (AvgIpc) is 3.18. The zero-order valence-electron chi connectivity index (χ0n) is 17.8. The number of hydrogen-bond acceptors (Lipinski definition) is 5. The van der Waals surface area contributed by atoms with Crippen molar-refractivity contribution in [3.05, 3.63) is 29.3 Å². The minimum atomic E-state index is 0. The molecule has 2 atom stereocenters. The van der Waals surface area contributed by atoms with Gasteiger partial charge in [-0.2, -0.15) is 0 Å². The van der Waals surface area contributed by atoms with Gasteiger partial charge in [-0.15, -0.1) is 24.0 Å². The summed E-state index contributed by atoms with van der Waals surface area (Å²) in [6, 6.07) is 6.30. The molecule has 0 saturated carbocycles. The summed E-state index contributed by atoms with van der Waals surface area (Å²) in [5, 5.41) is 6.73. The molecule has 164 valence electrons. The number of halogens is 1. The molecule has 2 unspecified atom stereocenters. The fourth-order valence-corrected chi connectivity index (χ4v) is 3.39. The van der Waals surface area contributed by atoms with Gasteiger partial charge in [0.05, 0.1) is 32.5 Å². The van der Waals surface area contributed by atoms with E-state index in [-0.39, 0.29) is 36.2 Å². The first-order valence-electron chi connectivity index (χ1n) is 10.3. The summed E-state index contributed by atoms with van der Waals surface area (Å²) >= 11 is 0. The Morgan fingerprint density at radius 2 is 2.17 bits per heavy atom. The summed E-state index contributed by atoms with van der Waals surface area (Å²) in [5.74, 6) is 1.71. The van der Waals surface area contributed by atoms with Gasteiger partial charge in [-0.05, 0) is 32.5 Å². The minimum absolute atomic E-state index is 0. The van der Waals surface area contributed by atoms with Crippen molar-refractivity contribution in [1.29, 1.82) is 0 Å². The minimum Gasteiger partial charge on any atom is -0.488 e. The van der Waals surface area contributed by atoms with Crippen LogP contribution >= 0.6 is 24.0 Å². The molecule has 0 amide bonds. The van der Waals surface area contributed by atoms with Gasteiger partial charge in [0, 0.05) is 38.2 Å². The second kappa shape index (κ2) is 12.6. The fraction of sp³-hybridized carbons (Fsp3) is 0.667. The summed E-state index contributed by atoms with van der Waals surface area (Å²) in [6.07, 6.45) is 1.26. The number of likely N-dealkylation sites (N-methyl/N-ethyl adjacent to an activating group) is 1. The number of nitrogens with zero attached hydrogens (tertiary/aromatic N) is 2. The molecule has 1 aromatic carbocycles. The van der Waals surface area contributed by atoms with Crippen LogP contribution in [0.5, 0.6) is 5.75 Å². The third kappa shape index (κ3) is 7.92. The monoisotopic (exact) mass is 518 g/mol. The first-order valence-corrected chi connectivity index (χ1v) is 10.3. The molecule has 0 radical (unpaired) electrons. The van der Waals surface area contributed by atoms with Gasteiger partial charge in [-0.3, -0.25) is 0 Å². The predicted octanol–water partition coefficient (Wildman–Crippen LogP) is 2.17. The Bertz CT molecular complexity index is 653. The molecule has 2 aliphatic rings. The molecule has 0 aliphatic carbocycles. The number of nitrogens with one attached hydrogen (secondary N) is 2. The molecule has 0 aromatic heterocycles. The summed E-state index contributed by atoms with van der Waals surface area (Å²) in [5.41, 5.74) is 2.27. The topological polar surface area (TPSA) is 67.4 Å². The van der Waals surface area contributed by atoms with Gasteiger partial charge in [0.25, 0.3) is 0 Å². The summed E-state index contributed by atoms with van der Waals surface area (Å²) < 4.78 is 17.5. The van der Waals surface area contributed by atoms with Crippen LogP contribution in [0.25, 0.3) is 0 Å². The molecule has 2 heterocycles. The lowest BCUT2D eigenvalue weighted by Gasteiger charge is -2.30. The number of aliphatic imine (C=N–C) groups is 1. The van der Waals surface area contributed by atoms with Gasteiger partial charge in [-0.1, -0.05) is 12.1 Å². The maximum atomic E-state index is 6.19. The number of hydrogen-bond donors (Lipinski definition) is 2. The zero-order valence-corrected chi connectivity index (χ0v) is 20.1. The zero-order chi connectivity index (χ0) is 19.8. The Kier molecular flexibility index (Phi) is 10.5. The average molecular weight is 518 g/mol. The molecular weight excluding hydrogens is 483 g/mol. The van der Waals surface area contributed by atoms with Gasteiger partial charge in [-0.25, -0.2) is 4.99 Å². The number of ether oxygens (including phenoxy) is 3. The van der Waals surface area contributed by atoms with Gasteiger partial charge in [0.1, 0.15) is 11.9 Å². The first kappa shape index (κ1) is 24.2. The SMILES string of the molecule is CCNC(=NCc1ccc(C)cc1OC1CCOC1)NCC1CN(C)CCO1.I. The van der Waals surface area contributed by atoms with E-state index in [2.05, 4.69) is 54.6 Å².